The number of sulfonamides is 1. The summed E-state index contributed by atoms with van der Waals surface area (Å²) in [4.78, 5) is 0.399. The minimum Gasteiger partial charge on any atom is -0.486 e. The molecule has 1 aliphatic carbocycles. The zero-order valence-corrected chi connectivity index (χ0v) is 13.8. The van der Waals surface area contributed by atoms with Gasteiger partial charge in [-0.2, -0.15) is 0 Å². The molecule has 0 bridgehead atoms. The standard InChI is InChI=1S/C18H17NO4S/c20-24(21,16-7-5-13-3-1-2-4-14(13)11-16)19-15-6-8-17-18(12-15)23-10-9-22-17/h1-4,6,8,11-12,19H,5,7,9-10H2. The molecule has 6 heteroatoms. The lowest BCUT2D eigenvalue weighted by atomic mass is 9.98. The molecule has 2 aromatic carbocycles. The number of allylic oxidation sites excluding steroid dienone is 1. The van der Waals surface area contributed by atoms with Crippen LogP contribution in [0.25, 0.3) is 6.08 Å². The van der Waals surface area contributed by atoms with Gasteiger partial charge in [0.1, 0.15) is 13.2 Å². The molecule has 1 heterocycles. The number of hydrogen-bond acceptors (Lipinski definition) is 4. The van der Waals surface area contributed by atoms with Gasteiger partial charge in [-0.15, -0.1) is 0 Å². The topological polar surface area (TPSA) is 64.6 Å². The van der Waals surface area contributed by atoms with E-state index in [9.17, 15) is 8.42 Å². The molecule has 0 saturated carbocycles. The first-order valence-corrected chi connectivity index (χ1v) is 9.31. The second-order valence-electron chi connectivity index (χ2n) is 5.77. The van der Waals surface area contributed by atoms with Gasteiger partial charge in [-0.05, 0) is 42.2 Å². The summed E-state index contributed by atoms with van der Waals surface area (Å²) in [5.74, 6) is 1.19. The number of ether oxygens (including phenoxy) is 2. The van der Waals surface area contributed by atoms with Gasteiger partial charge in [0.2, 0.25) is 0 Å². The van der Waals surface area contributed by atoms with E-state index in [2.05, 4.69) is 4.72 Å². The van der Waals surface area contributed by atoms with E-state index in [4.69, 9.17) is 9.47 Å². The summed E-state index contributed by atoms with van der Waals surface area (Å²) in [5, 5.41) is 0. The average Bonchev–Trinajstić information content (AvgIpc) is 2.61. The summed E-state index contributed by atoms with van der Waals surface area (Å²) < 4.78 is 38.9. The van der Waals surface area contributed by atoms with Crippen molar-refractivity contribution in [3.63, 3.8) is 0 Å². The summed E-state index contributed by atoms with van der Waals surface area (Å²) in [5.41, 5.74) is 2.61. The van der Waals surface area contributed by atoms with Crippen molar-refractivity contribution >= 4 is 21.8 Å². The van der Waals surface area contributed by atoms with Gasteiger partial charge in [-0.25, -0.2) is 8.42 Å². The summed E-state index contributed by atoms with van der Waals surface area (Å²) in [6, 6.07) is 12.9. The van der Waals surface area contributed by atoms with Gasteiger partial charge in [0.25, 0.3) is 10.0 Å². The lowest BCUT2D eigenvalue weighted by Gasteiger charge is -2.20. The predicted octanol–water partition coefficient (Wildman–Crippen LogP) is 3.19. The molecule has 0 radical (unpaired) electrons. The van der Waals surface area contributed by atoms with E-state index >= 15 is 0 Å². The van der Waals surface area contributed by atoms with Crippen molar-refractivity contribution in [3.8, 4) is 11.5 Å². The second kappa shape index (κ2) is 5.87. The predicted molar refractivity (Wildman–Crippen MR) is 92.7 cm³/mol. The molecule has 0 atom stereocenters. The number of benzene rings is 2. The Labute approximate surface area is 141 Å². The van der Waals surface area contributed by atoms with Crippen LogP contribution in [-0.4, -0.2) is 21.6 Å². The fraction of sp³-hybridized carbons (Fsp3) is 0.222. The summed E-state index contributed by atoms with van der Waals surface area (Å²) in [7, 11) is -3.59. The molecular formula is C18H17NO4S. The number of nitrogens with one attached hydrogen (secondary N) is 1. The van der Waals surface area contributed by atoms with Gasteiger partial charge in [-0.3, -0.25) is 4.72 Å². The molecule has 0 aromatic heterocycles. The van der Waals surface area contributed by atoms with Crippen LogP contribution in [0, 0.1) is 0 Å². The molecule has 2 aromatic rings. The maximum Gasteiger partial charge on any atom is 0.258 e. The van der Waals surface area contributed by atoms with Crippen molar-refractivity contribution in [2.75, 3.05) is 17.9 Å². The molecule has 1 aliphatic heterocycles. The van der Waals surface area contributed by atoms with Crippen molar-refractivity contribution in [2.45, 2.75) is 12.8 Å². The third-order valence-electron chi connectivity index (χ3n) is 4.15. The molecule has 0 fully saturated rings. The molecule has 0 unspecified atom stereocenters. The largest absolute Gasteiger partial charge is 0.486 e. The fourth-order valence-electron chi connectivity index (χ4n) is 2.95. The highest BCUT2D eigenvalue weighted by Crippen LogP contribution is 2.34. The van der Waals surface area contributed by atoms with E-state index in [1.807, 2.05) is 24.3 Å². The van der Waals surface area contributed by atoms with Gasteiger partial charge in [0, 0.05) is 6.07 Å². The smallest absolute Gasteiger partial charge is 0.258 e. The van der Waals surface area contributed by atoms with Crippen molar-refractivity contribution in [2.24, 2.45) is 0 Å². The van der Waals surface area contributed by atoms with E-state index < -0.39 is 10.0 Å². The van der Waals surface area contributed by atoms with Crippen LogP contribution in [0.15, 0.2) is 47.4 Å². The molecule has 4 rings (SSSR count). The Kier molecular flexibility index (Phi) is 3.69. The molecule has 1 N–H and O–H groups in total. The van der Waals surface area contributed by atoms with Gasteiger partial charge in [-0.1, -0.05) is 24.3 Å². The summed E-state index contributed by atoms with van der Waals surface area (Å²) in [6.45, 7) is 0.968. The minimum absolute atomic E-state index is 0.399. The SMILES string of the molecule is O=S(=O)(Nc1ccc2c(c1)OCCO2)C1=Cc2ccccc2CC1. The van der Waals surface area contributed by atoms with Crippen LogP contribution in [0.1, 0.15) is 17.5 Å². The van der Waals surface area contributed by atoms with Crippen molar-refractivity contribution in [1.29, 1.82) is 0 Å². The van der Waals surface area contributed by atoms with Gasteiger partial charge in [0.05, 0.1) is 10.6 Å². The van der Waals surface area contributed by atoms with Crippen LogP contribution in [0.3, 0.4) is 0 Å². The van der Waals surface area contributed by atoms with E-state index in [1.165, 1.54) is 5.56 Å². The van der Waals surface area contributed by atoms with Crippen LogP contribution in [0.2, 0.25) is 0 Å². The molecule has 0 spiro atoms. The monoisotopic (exact) mass is 343 g/mol. The molecule has 0 amide bonds. The van der Waals surface area contributed by atoms with Crippen molar-refractivity contribution in [3.05, 3.63) is 58.5 Å². The first-order chi connectivity index (χ1) is 11.6. The summed E-state index contributed by atoms with van der Waals surface area (Å²) in [6.07, 6.45) is 2.97. The van der Waals surface area contributed by atoms with Crippen molar-refractivity contribution in [1.82, 2.24) is 0 Å². The van der Waals surface area contributed by atoms with Crippen LogP contribution in [0.5, 0.6) is 11.5 Å². The number of aryl methyl sites for hydroxylation is 1. The maximum absolute atomic E-state index is 12.7. The van der Waals surface area contributed by atoms with Crippen LogP contribution < -0.4 is 14.2 Å². The molecule has 5 nitrogen and oxygen atoms in total. The van der Waals surface area contributed by atoms with E-state index in [-0.39, 0.29) is 0 Å². The Morgan fingerprint density at radius 3 is 2.58 bits per heavy atom. The Bertz CT molecular complexity index is 918. The van der Waals surface area contributed by atoms with E-state index in [0.717, 1.165) is 12.0 Å². The first kappa shape index (κ1) is 15.1. The number of fused-ring (bicyclic) bond motifs is 2. The third kappa shape index (κ3) is 2.85. The summed E-state index contributed by atoms with van der Waals surface area (Å²) >= 11 is 0. The second-order valence-corrected chi connectivity index (χ2v) is 7.51. The Balaban J connectivity index is 1.61. The van der Waals surface area contributed by atoms with Crippen LogP contribution >= 0.6 is 0 Å². The molecule has 0 saturated heterocycles. The zero-order chi connectivity index (χ0) is 16.6. The highest BCUT2D eigenvalue weighted by Gasteiger charge is 2.22. The quantitative estimate of drug-likeness (QED) is 0.930. The number of rotatable bonds is 3. The van der Waals surface area contributed by atoms with Crippen LogP contribution in [-0.2, 0) is 16.4 Å². The molecule has 24 heavy (non-hydrogen) atoms. The van der Waals surface area contributed by atoms with Gasteiger partial charge >= 0.3 is 0 Å². The maximum atomic E-state index is 12.7. The van der Waals surface area contributed by atoms with Gasteiger partial charge < -0.3 is 9.47 Å². The Morgan fingerprint density at radius 1 is 0.917 bits per heavy atom. The minimum atomic E-state index is -3.59. The number of anilines is 1. The van der Waals surface area contributed by atoms with Gasteiger partial charge in [0.15, 0.2) is 11.5 Å². The lowest BCUT2D eigenvalue weighted by molar-refractivity contribution is 0.171. The molecule has 124 valence electrons. The van der Waals surface area contributed by atoms with E-state index in [1.54, 1.807) is 24.3 Å². The Hall–Kier alpha value is -2.47. The number of hydrogen-bond donors (Lipinski definition) is 1. The Morgan fingerprint density at radius 2 is 1.71 bits per heavy atom. The van der Waals surface area contributed by atoms with Crippen molar-refractivity contribution < 1.29 is 17.9 Å². The first-order valence-electron chi connectivity index (χ1n) is 7.83. The average molecular weight is 343 g/mol. The van der Waals surface area contributed by atoms with E-state index in [0.29, 0.717) is 41.7 Å². The zero-order valence-electron chi connectivity index (χ0n) is 13.0. The fourth-order valence-corrected chi connectivity index (χ4v) is 4.17. The lowest BCUT2D eigenvalue weighted by Crippen LogP contribution is -2.18. The highest BCUT2D eigenvalue weighted by atomic mass is 32.2. The molecule has 2 aliphatic rings. The third-order valence-corrected chi connectivity index (χ3v) is 5.67. The van der Waals surface area contributed by atoms with Crippen LogP contribution in [0.4, 0.5) is 5.69 Å². The molecular weight excluding hydrogens is 326 g/mol. The highest BCUT2D eigenvalue weighted by molar-refractivity contribution is 7.96. The normalized spacial score (nSPS) is 16.1.